The molecule has 0 spiro atoms. The van der Waals surface area contributed by atoms with E-state index in [4.69, 9.17) is 13.9 Å². The molecule has 0 saturated carbocycles. The predicted molar refractivity (Wildman–Crippen MR) is 80.3 cm³/mol. The molecule has 7 nitrogen and oxygen atoms in total. The van der Waals surface area contributed by atoms with Crippen molar-refractivity contribution >= 4 is 16.9 Å². The second kappa shape index (κ2) is 5.73. The molecule has 1 aliphatic heterocycles. The van der Waals surface area contributed by atoms with Crippen molar-refractivity contribution in [1.82, 2.24) is 15.2 Å². The predicted octanol–water partition coefficient (Wildman–Crippen LogP) is 2.79. The molecule has 8 heteroatoms. The summed E-state index contributed by atoms with van der Waals surface area (Å²) >= 11 is 0.866. The fourth-order valence-corrected chi connectivity index (χ4v) is 2.63. The number of nitrogens with zero attached hydrogens (tertiary/aromatic N) is 3. The van der Waals surface area contributed by atoms with Crippen LogP contribution in [0.5, 0.6) is 11.5 Å². The number of hydrogen-bond donors (Lipinski definition) is 0. The minimum Gasteiger partial charge on any atom is -0.454 e. The summed E-state index contributed by atoms with van der Waals surface area (Å²) in [4.78, 5) is 16.2. The van der Waals surface area contributed by atoms with Crippen LogP contribution in [0.1, 0.15) is 10.4 Å². The number of fused-ring (bicyclic) bond motifs is 1. The molecule has 114 valence electrons. The van der Waals surface area contributed by atoms with Crippen LogP contribution in [0.25, 0.3) is 11.5 Å². The molecule has 0 amide bonds. The third-order valence-corrected chi connectivity index (χ3v) is 3.88. The molecule has 1 aromatic carbocycles. The van der Waals surface area contributed by atoms with E-state index in [1.165, 1.54) is 0 Å². The normalized spacial score (nSPS) is 12.3. The number of benzene rings is 1. The van der Waals surface area contributed by atoms with E-state index in [0.29, 0.717) is 23.0 Å². The van der Waals surface area contributed by atoms with Gasteiger partial charge < -0.3 is 13.9 Å². The number of ether oxygens (including phenoxy) is 2. The Hall–Kier alpha value is -2.87. The lowest BCUT2D eigenvalue weighted by molar-refractivity contribution is 0.108. The minimum atomic E-state index is -0.215. The van der Waals surface area contributed by atoms with Gasteiger partial charge in [0.2, 0.25) is 17.8 Å². The second-order valence-corrected chi connectivity index (χ2v) is 5.49. The van der Waals surface area contributed by atoms with Gasteiger partial charge in [0.05, 0.1) is 0 Å². The molecule has 0 radical (unpaired) electrons. The van der Waals surface area contributed by atoms with E-state index < -0.39 is 0 Å². The van der Waals surface area contributed by atoms with E-state index >= 15 is 0 Å². The monoisotopic (exact) mass is 327 g/mol. The second-order valence-electron chi connectivity index (χ2n) is 4.57. The topological polar surface area (TPSA) is 87.3 Å². The first kappa shape index (κ1) is 13.8. The average Bonchev–Trinajstić information content (AvgIpc) is 3.24. The lowest BCUT2D eigenvalue weighted by Gasteiger charge is -1.99. The van der Waals surface area contributed by atoms with Crippen LogP contribution in [-0.4, -0.2) is 27.1 Å². The standard InChI is InChI=1S/C15H9N3O4S/c19-14(10-1-2-11-12(7-10)21-8-20-11)23-15-18-17-13(22-15)9-3-5-16-6-4-9/h1-7H,8H2. The summed E-state index contributed by atoms with van der Waals surface area (Å²) in [6.45, 7) is 0.166. The van der Waals surface area contributed by atoms with Crippen molar-refractivity contribution in [2.75, 3.05) is 6.79 Å². The number of carbonyl (C=O) groups is 1. The van der Waals surface area contributed by atoms with Gasteiger partial charge in [0.25, 0.3) is 5.22 Å². The van der Waals surface area contributed by atoms with E-state index in [1.807, 2.05) is 0 Å². The van der Waals surface area contributed by atoms with E-state index in [-0.39, 0.29) is 17.1 Å². The molecule has 0 aliphatic carbocycles. The first-order chi connectivity index (χ1) is 11.3. The van der Waals surface area contributed by atoms with Crippen LogP contribution in [0.3, 0.4) is 0 Å². The number of aromatic nitrogens is 3. The highest BCUT2D eigenvalue weighted by molar-refractivity contribution is 8.14. The zero-order chi connectivity index (χ0) is 15.6. The van der Waals surface area contributed by atoms with Gasteiger partial charge in [-0.1, -0.05) is 0 Å². The van der Waals surface area contributed by atoms with Gasteiger partial charge in [-0.25, -0.2) is 0 Å². The third kappa shape index (κ3) is 2.76. The van der Waals surface area contributed by atoms with Gasteiger partial charge in [-0.15, -0.1) is 10.2 Å². The van der Waals surface area contributed by atoms with Crippen LogP contribution >= 0.6 is 11.8 Å². The number of thioether (sulfide) groups is 1. The van der Waals surface area contributed by atoms with Gasteiger partial charge in [0, 0.05) is 35.3 Å². The molecule has 4 rings (SSSR count). The Kier molecular flexibility index (Phi) is 3.43. The fourth-order valence-electron chi connectivity index (χ4n) is 2.02. The first-order valence-corrected chi connectivity index (χ1v) is 7.47. The molecule has 0 bridgehead atoms. The number of carbonyl (C=O) groups excluding carboxylic acids is 1. The van der Waals surface area contributed by atoms with Crippen LogP contribution < -0.4 is 9.47 Å². The molecule has 0 unspecified atom stereocenters. The van der Waals surface area contributed by atoms with E-state index in [1.54, 1.807) is 42.7 Å². The van der Waals surface area contributed by atoms with Crippen molar-refractivity contribution in [3.05, 3.63) is 48.3 Å². The summed E-state index contributed by atoms with van der Waals surface area (Å²) in [6.07, 6.45) is 3.26. The maximum Gasteiger partial charge on any atom is 0.284 e. The molecule has 2 aromatic heterocycles. The zero-order valence-corrected chi connectivity index (χ0v) is 12.4. The highest BCUT2D eigenvalue weighted by Crippen LogP contribution is 2.34. The van der Waals surface area contributed by atoms with E-state index in [0.717, 1.165) is 17.3 Å². The van der Waals surface area contributed by atoms with E-state index in [9.17, 15) is 4.79 Å². The Morgan fingerprint density at radius 1 is 1.04 bits per heavy atom. The molecular weight excluding hydrogens is 318 g/mol. The molecule has 0 atom stereocenters. The largest absolute Gasteiger partial charge is 0.454 e. The third-order valence-electron chi connectivity index (χ3n) is 3.12. The van der Waals surface area contributed by atoms with Crippen molar-refractivity contribution in [2.24, 2.45) is 0 Å². The molecule has 3 aromatic rings. The molecule has 0 fully saturated rings. The Morgan fingerprint density at radius 3 is 2.74 bits per heavy atom. The quantitative estimate of drug-likeness (QED) is 0.679. The number of hydrogen-bond acceptors (Lipinski definition) is 8. The molecule has 0 N–H and O–H groups in total. The maximum absolute atomic E-state index is 12.3. The average molecular weight is 327 g/mol. The van der Waals surface area contributed by atoms with Gasteiger partial charge in [0.1, 0.15) is 0 Å². The Bertz CT molecular complexity index is 866. The van der Waals surface area contributed by atoms with Crippen LogP contribution in [0.2, 0.25) is 0 Å². The highest BCUT2D eigenvalue weighted by Gasteiger charge is 2.19. The van der Waals surface area contributed by atoms with Gasteiger partial charge in [0.15, 0.2) is 11.5 Å². The van der Waals surface area contributed by atoms with Crippen molar-refractivity contribution in [3.8, 4) is 23.0 Å². The Labute approximate surface area is 134 Å². The lowest BCUT2D eigenvalue weighted by Crippen LogP contribution is -1.94. The highest BCUT2D eigenvalue weighted by atomic mass is 32.2. The molecule has 23 heavy (non-hydrogen) atoms. The van der Waals surface area contributed by atoms with Gasteiger partial charge in [-0.2, -0.15) is 0 Å². The van der Waals surface area contributed by atoms with Crippen molar-refractivity contribution in [1.29, 1.82) is 0 Å². The Morgan fingerprint density at radius 2 is 1.87 bits per heavy atom. The summed E-state index contributed by atoms with van der Waals surface area (Å²) in [7, 11) is 0. The summed E-state index contributed by atoms with van der Waals surface area (Å²) in [5.74, 6) is 1.53. The fraction of sp³-hybridized carbons (Fsp3) is 0.0667. The minimum absolute atomic E-state index is 0.166. The lowest BCUT2D eigenvalue weighted by atomic mass is 10.2. The molecular formula is C15H9N3O4S. The summed E-state index contributed by atoms with van der Waals surface area (Å²) in [5.41, 5.74) is 1.22. The van der Waals surface area contributed by atoms with Gasteiger partial charge in [-0.3, -0.25) is 9.78 Å². The number of rotatable bonds is 3. The summed E-state index contributed by atoms with van der Waals surface area (Å²) in [6, 6.07) is 8.51. The molecule has 1 aliphatic rings. The van der Waals surface area contributed by atoms with Crippen molar-refractivity contribution in [3.63, 3.8) is 0 Å². The smallest absolute Gasteiger partial charge is 0.284 e. The van der Waals surface area contributed by atoms with Crippen LogP contribution in [0.15, 0.2) is 52.4 Å². The van der Waals surface area contributed by atoms with Crippen molar-refractivity contribution in [2.45, 2.75) is 5.22 Å². The van der Waals surface area contributed by atoms with Gasteiger partial charge in [-0.05, 0) is 30.3 Å². The molecule has 0 saturated heterocycles. The number of pyridine rings is 1. The van der Waals surface area contributed by atoms with Crippen LogP contribution in [0, 0.1) is 0 Å². The molecule has 3 heterocycles. The maximum atomic E-state index is 12.3. The zero-order valence-electron chi connectivity index (χ0n) is 11.6. The SMILES string of the molecule is O=C(Sc1nnc(-c2ccncc2)o1)c1ccc2c(c1)OCO2. The summed E-state index contributed by atoms with van der Waals surface area (Å²) < 4.78 is 16.0. The summed E-state index contributed by atoms with van der Waals surface area (Å²) in [5, 5.41) is 7.77. The van der Waals surface area contributed by atoms with E-state index in [2.05, 4.69) is 15.2 Å². The first-order valence-electron chi connectivity index (χ1n) is 6.65. The van der Waals surface area contributed by atoms with Crippen LogP contribution in [0.4, 0.5) is 0 Å². The Balaban J connectivity index is 1.52. The van der Waals surface area contributed by atoms with Crippen molar-refractivity contribution < 1.29 is 18.7 Å². The van der Waals surface area contributed by atoms with Gasteiger partial charge >= 0.3 is 0 Å². The van der Waals surface area contributed by atoms with Crippen LogP contribution in [-0.2, 0) is 0 Å².